The summed E-state index contributed by atoms with van der Waals surface area (Å²) in [4.78, 5) is 2.41. The third-order valence-corrected chi connectivity index (χ3v) is 4.12. The number of nitrogens with zero attached hydrogens (tertiary/aromatic N) is 2. The molecule has 1 aromatic rings. The first kappa shape index (κ1) is 13.7. The smallest absolute Gasteiger partial charge is 0.170 e. The Morgan fingerprint density at radius 2 is 1.84 bits per heavy atom. The third-order valence-electron chi connectivity index (χ3n) is 4.12. The van der Waals surface area contributed by atoms with Crippen LogP contribution >= 0.6 is 0 Å². The van der Waals surface area contributed by atoms with E-state index >= 15 is 0 Å². The molecule has 1 aromatic carbocycles. The van der Waals surface area contributed by atoms with Gasteiger partial charge in [-0.15, -0.1) is 0 Å². The van der Waals surface area contributed by atoms with E-state index in [2.05, 4.69) is 23.9 Å². The van der Waals surface area contributed by atoms with Gasteiger partial charge in [0.2, 0.25) is 0 Å². The zero-order valence-electron chi connectivity index (χ0n) is 11.7. The molecule has 0 spiro atoms. The Bertz CT molecular complexity index is 431. The first-order valence-corrected chi connectivity index (χ1v) is 6.94. The molecular formula is C15H23N3O. The molecule has 4 heteroatoms. The summed E-state index contributed by atoms with van der Waals surface area (Å²) in [5, 5.41) is 11.7. The molecule has 0 unspecified atom stereocenters. The molecule has 0 radical (unpaired) electrons. The number of hydrogen-bond donors (Lipinski definition) is 2. The van der Waals surface area contributed by atoms with Crippen molar-refractivity contribution in [3.05, 3.63) is 29.8 Å². The first-order valence-electron chi connectivity index (χ1n) is 6.94. The normalized spacial score (nSPS) is 18.1. The molecule has 0 bridgehead atoms. The Kier molecular flexibility index (Phi) is 4.30. The van der Waals surface area contributed by atoms with Gasteiger partial charge < -0.3 is 15.8 Å². The SMILES string of the molecule is CC(C)C1CCN(c2ccc(/C(N)=N/O)cc2)CC1. The van der Waals surface area contributed by atoms with E-state index in [-0.39, 0.29) is 5.84 Å². The lowest BCUT2D eigenvalue weighted by Crippen LogP contribution is -2.35. The van der Waals surface area contributed by atoms with Crippen LogP contribution in [0.15, 0.2) is 29.4 Å². The summed E-state index contributed by atoms with van der Waals surface area (Å²) in [6.07, 6.45) is 2.53. The largest absolute Gasteiger partial charge is 0.409 e. The summed E-state index contributed by atoms with van der Waals surface area (Å²) in [6, 6.07) is 7.89. The molecule has 1 aliphatic heterocycles. The Morgan fingerprint density at radius 1 is 1.26 bits per heavy atom. The van der Waals surface area contributed by atoms with Crippen molar-refractivity contribution >= 4 is 11.5 Å². The zero-order chi connectivity index (χ0) is 13.8. The predicted molar refractivity (Wildman–Crippen MR) is 78.7 cm³/mol. The minimum atomic E-state index is 0.157. The Labute approximate surface area is 114 Å². The van der Waals surface area contributed by atoms with Gasteiger partial charge in [-0.05, 0) is 48.9 Å². The van der Waals surface area contributed by atoms with Gasteiger partial charge in [-0.1, -0.05) is 19.0 Å². The van der Waals surface area contributed by atoms with Crippen molar-refractivity contribution in [2.75, 3.05) is 18.0 Å². The molecule has 0 aliphatic carbocycles. The van der Waals surface area contributed by atoms with Gasteiger partial charge in [-0.3, -0.25) is 0 Å². The maximum absolute atomic E-state index is 8.64. The number of nitrogens with two attached hydrogens (primary N) is 1. The molecule has 0 amide bonds. The molecule has 19 heavy (non-hydrogen) atoms. The van der Waals surface area contributed by atoms with Gasteiger partial charge >= 0.3 is 0 Å². The summed E-state index contributed by atoms with van der Waals surface area (Å²) in [6.45, 7) is 6.86. The number of rotatable bonds is 3. The van der Waals surface area contributed by atoms with Crippen LogP contribution in [0, 0.1) is 11.8 Å². The van der Waals surface area contributed by atoms with Crippen molar-refractivity contribution in [3.8, 4) is 0 Å². The molecule has 1 fully saturated rings. The van der Waals surface area contributed by atoms with Gasteiger partial charge in [-0.2, -0.15) is 0 Å². The number of oxime groups is 1. The summed E-state index contributed by atoms with van der Waals surface area (Å²) in [7, 11) is 0. The molecule has 0 atom stereocenters. The standard InChI is InChI=1S/C15H23N3O/c1-11(2)12-7-9-18(10-8-12)14-5-3-13(4-6-14)15(16)17-19/h3-6,11-12,19H,7-10H2,1-2H3,(H2,16,17). The van der Waals surface area contributed by atoms with Crippen LogP contribution in [0.4, 0.5) is 5.69 Å². The van der Waals surface area contributed by atoms with Crippen molar-refractivity contribution in [2.24, 2.45) is 22.7 Å². The van der Waals surface area contributed by atoms with Gasteiger partial charge in [0.1, 0.15) is 0 Å². The van der Waals surface area contributed by atoms with Crippen molar-refractivity contribution < 1.29 is 5.21 Å². The highest BCUT2D eigenvalue weighted by atomic mass is 16.4. The van der Waals surface area contributed by atoms with Crippen LogP contribution in [0.2, 0.25) is 0 Å². The molecule has 1 heterocycles. The monoisotopic (exact) mass is 261 g/mol. The lowest BCUT2D eigenvalue weighted by atomic mass is 9.86. The van der Waals surface area contributed by atoms with Crippen LogP contribution in [0.1, 0.15) is 32.3 Å². The molecule has 1 saturated heterocycles. The van der Waals surface area contributed by atoms with E-state index < -0.39 is 0 Å². The predicted octanol–water partition coefficient (Wildman–Crippen LogP) is 2.65. The van der Waals surface area contributed by atoms with Crippen LogP contribution in [-0.2, 0) is 0 Å². The van der Waals surface area contributed by atoms with Crippen LogP contribution < -0.4 is 10.6 Å². The Balaban J connectivity index is 2.00. The molecule has 3 N–H and O–H groups in total. The van der Waals surface area contributed by atoms with Crippen molar-refractivity contribution in [1.82, 2.24) is 0 Å². The molecule has 2 rings (SSSR count). The van der Waals surface area contributed by atoms with E-state index in [4.69, 9.17) is 10.9 Å². The van der Waals surface area contributed by atoms with Gasteiger partial charge in [0.15, 0.2) is 5.84 Å². The Hall–Kier alpha value is -1.71. The van der Waals surface area contributed by atoms with Gasteiger partial charge in [0, 0.05) is 24.3 Å². The van der Waals surface area contributed by atoms with Crippen molar-refractivity contribution in [1.29, 1.82) is 0 Å². The van der Waals surface area contributed by atoms with E-state index in [0.29, 0.717) is 0 Å². The second-order valence-corrected chi connectivity index (χ2v) is 5.60. The topological polar surface area (TPSA) is 61.8 Å². The van der Waals surface area contributed by atoms with Gasteiger partial charge in [-0.25, -0.2) is 0 Å². The second-order valence-electron chi connectivity index (χ2n) is 5.60. The summed E-state index contributed by atoms with van der Waals surface area (Å²) < 4.78 is 0. The van der Waals surface area contributed by atoms with E-state index in [0.717, 1.165) is 30.5 Å². The summed E-state index contributed by atoms with van der Waals surface area (Å²) in [5.74, 6) is 1.79. The highest BCUT2D eigenvalue weighted by molar-refractivity contribution is 5.97. The fourth-order valence-electron chi connectivity index (χ4n) is 2.73. The highest BCUT2D eigenvalue weighted by Crippen LogP contribution is 2.27. The lowest BCUT2D eigenvalue weighted by molar-refractivity contribution is 0.311. The summed E-state index contributed by atoms with van der Waals surface area (Å²) >= 11 is 0. The molecule has 104 valence electrons. The highest BCUT2D eigenvalue weighted by Gasteiger charge is 2.21. The van der Waals surface area contributed by atoms with Crippen molar-refractivity contribution in [2.45, 2.75) is 26.7 Å². The third kappa shape index (κ3) is 3.19. The molecular weight excluding hydrogens is 238 g/mol. The Morgan fingerprint density at radius 3 is 2.32 bits per heavy atom. The zero-order valence-corrected chi connectivity index (χ0v) is 11.7. The molecule has 0 aromatic heterocycles. The molecule has 4 nitrogen and oxygen atoms in total. The summed E-state index contributed by atoms with van der Waals surface area (Å²) in [5.41, 5.74) is 7.53. The fourth-order valence-corrected chi connectivity index (χ4v) is 2.73. The van der Waals surface area contributed by atoms with Gasteiger partial charge in [0.25, 0.3) is 0 Å². The average molecular weight is 261 g/mol. The van der Waals surface area contributed by atoms with E-state index in [9.17, 15) is 0 Å². The quantitative estimate of drug-likeness (QED) is 0.380. The number of benzene rings is 1. The average Bonchev–Trinajstić information content (AvgIpc) is 2.46. The van der Waals surface area contributed by atoms with Gasteiger partial charge in [0.05, 0.1) is 0 Å². The van der Waals surface area contributed by atoms with E-state index in [1.807, 2.05) is 24.3 Å². The van der Waals surface area contributed by atoms with E-state index in [1.54, 1.807) is 0 Å². The van der Waals surface area contributed by atoms with Crippen LogP contribution in [-0.4, -0.2) is 24.1 Å². The van der Waals surface area contributed by atoms with Crippen molar-refractivity contribution in [3.63, 3.8) is 0 Å². The number of hydrogen-bond acceptors (Lipinski definition) is 3. The molecule has 1 aliphatic rings. The fraction of sp³-hybridized carbons (Fsp3) is 0.533. The van der Waals surface area contributed by atoms with Crippen LogP contribution in [0.25, 0.3) is 0 Å². The maximum atomic E-state index is 8.64. The first-order chi connectivity index (χ1) is 9.11. The van der Waals surface area contributed by atoms with E-state index in [1.165, 1.54) is 18.5 Å². The lowest BCUT2D eigenvalue weighted by Gasteiger charge is -2.35. The minimum absolute atomic E-state index is 0.157. The molecule has 0 saturated carbocycles. The second kappa shape index (κ2) is 5.95. The number of anilines is 1. The minimum Gasteiger partial charge on any atom is -0.409 e. The number of amidine groups is 1. The maximum Gasteiger partial charge on any atom is 0.170 e. The number of piperidine rings is 1. The van der Waals surface area contributed by atoms with Crippen LogP contribution in [0.5, 0.6) is 0 Å². The van der Waals surface area contributed by atoms with Crippen LogP contribution in [0.3, 0.4) is 0 Å².